The van der Waals surface area contributed by atoms with Crippen LogP contribution in [0, 0.1) is 0 Å². The van der Waals surface area contributed by atoms with Crippen molar-refractivity contribution in [2.24, 2.45) is 0 Å². The van der Waals surface area contributed by atoms with E-state index in [4.69, 9.17) is 14.0 Å². The van der Waals surface area contributed by atoms with Gasteiger partial charge in [0.15, 0.2) is 0 Å². The van der Waals surface area contributed by atoms with Crippen molar-refractivity contribution in [1.82, 2.24) is 0 Å². The van der Waals surface area contributed by atoms with Crippen molar-refractivity contribution >= 4 is 29.7 Å². The summed E-state index contributed by atoms with van der Waals surface area (Å²) < 4.78 is 16.9. The Labute approximate surface area is 106 Å². The van der Waals surface area contributed by atoms with Gasteiger partial charge >= 0.3 is 7.12 Å². The Balaban J connectivity index is 2.52. The first-order valence-corrected chi connectivity index (χ1v) is 6.31. The Morgan fingerprint density at radius 1 is 1.20 bits per heavy atom. The van der Waals surface area contributed by atoms with Crippen molar-refractivity contribution in [2.45, 2.75) is 49.9 Å². The van der Waals surface area contributed by atoms with Gasteiger partial charge in [0.05, 0.1) is 17.5 Å². The number of halogens is 1. The number of ether oxygens (including phenoxy) is 1. The second kappa shape index (κ2) is 4.63. The highest BCUT2D eigenvalue weighted by Gasteiger charge is 2.50. The highest BCUT2D eigenvalue weighted by Crippen LogP contribution is 2.36. The molecule has 1 fully saturated rings. The Hall–Kier alpha value is 0.255. The molecule has 1 atom stereocenters. The molecule has 1 rings (SSSR count). The lowest BCUT2D eigenvalue weighted by atomic mass is 9.90. The molecule has 0 aromatic rings. The lowest BCUT2D eigenvalue weighted by Crippen LogP contribution is -2.41. The van der Waals surface area contributed by atoms with Crippen molar-refractivity contribution in [3.63, 3.8) is 0 Å². The Kier molecular flexibility index (Phi) is 4.11. The van der Waals surface area contributed by atoms with Crippen molar-refractivity contribution in [3.8, 4) is 0 Å². The van der Waals surface area contributed by atoms with Gasteiger partial charge in [-0.25, -0.2) is 0 Å². The van der Waals surface area contributed by atoms with Gasteiger partial charge in [0.2, 0.25) is 0 Å². The van der Waals surface area contributed by atoms with E-state index in [1.165, 1.54) is 0 Å². The normalized spacial score (nSPS) is 25.9. The average Bonchev–Trinajstić information content (AvgIpc) is 2.19. The maximum absolute atomic E-state index is 5.75. The topological polar surface area (TPSA) is 27.7 Å². The van der Waals surface area contributed by atoms with Crippen LogP contribution in [0.4, 0.5) is 0 Å². The van der Waals surface area contributed by atoms with Gasteiger partial charge in [-0.2, -0.15) is 0 Å². The van der Waals surface area contributed by atoms with Crippen LogP contribution in [0.5, 0.6) is 0 Å². The molecule has 1 aliphatic heterocycles. The number of hydrogen-bond acceptors (Lipinski definition) is 3. The van der Waals surface area contributed by atoms with Gasteiger partial charge in [-0.3, -0.25) is 0 Å². The summed E-state index contributed by atoms with van der Waals surface area (Å²) in [5.41, 5.74) is -0.560. The predicted octanol–water partition coefficient (Wildman–Crippen LogP) is 2.93. The van der Waals surface area contributed by atoms with Gasteiger partial charge in [0.25, 0.3) is 0 Å². The molecule has 0 saturated carbocycles. The van der Waals surface area contributed by atoms with E-state index in [1.54, 1.807) is 12.2 Å². The molecule has 3 nitrogen and oxygen atoms in total. The maximum atomic E-state index is 5.75. The second-order valence-electron chi connectivity index (χ2n) is 4.63. The fraction of sp³-hybridized carbons (Fsp3) is 0.800. The SMILES string of the molecule is CC(I)OC=CB1OC(C)(C)C(C)(C)O1. The molecule has 5 heteroatoms. The summed E-state index contributed by atoms with van der Waals surface area (Å²) in [6, 6.07) is 0. The molecule has 0 aliphatic carbocycles. The molecule has 0 aromatic heterocycles. The van der Waals surface area contributed by atoms with Crippen LogP contribution in [-0.2, 0) is 14.0 Å². The van der Waals surface area contributed by atoms with Crippen LogP contribution in [0.2, 0.25) is 0 Å². The first kappa shape index (κ1) is 13.3. The fourth-order valence-electron chi connectivity index (χ4n) is 1.18. The minimum atomic E-state index is -0.315. The van der Waals surface area contributed by atoms with E-state index in [0.717, 1.165) is 0 Å². The summed E-state index contributed by atoms with van der Waals surface area (Å²) >= 11 is 2.19. The molecule has 0 N–H and O–H groups in total. The molecule has 0 radical (unpaired) electrons. The third-order valence-corrected chi connectivity index (χ3v) is 3.07. The Morgan fingerprint density at radius 3 is 2.07 bits per heavy atom. The van der Waals surface area contributed by atoms with Crippen LogP contribution < -0.4 is 0 Å². The van der Waals surface area contributed by atoms with Crippen LogP contribution in [0.25, 0.3) is 0 Å². The molecular formula is C10H18BIO3. The summed E-state index contributed by atoms with van der Waals surface area (Å²) in [5.74, 6) is 1.80. The van der Waals surface area contributed by atoms with Gasteiger partial charge < -0.3 is 14.0 Å². The lowest BCUT2D eigenvalue weighted by Gasteiger charge is -2.32. The summed E-state index contributed by atoms with van der Waals surface area (Å²) in [6.07, 6.45) is 1.64. The first-order valence-electron chi connectivity index (χ1n) is 5.06. The van der Waals surface area contributed by atoms with Crippen LogP contribution in [0.3, 0.4) is 0 Å². The molecule has 1 unspecified atom stereocenters. The highest BCUT2D eigenvalue weighted by atomic mass is 127. The summed E-state index contributed by atoms with van der Waals surface area (Å²) in [6.45, 7) is 10.1. The quantitative estimate of drug-likeness (QED) is 0.346. The zero-order valence-corrected chi connectivity index (χ0v) is 12.1. The molecule has 0 bridgehead atoms. The van der Waals surface area contributed by atoms with Crippen LogP contribution in [0.15, 0.2) is 12.2 Å². The smallest absolute Gasteiger partial charge is 0.489 e. The molecule has 86 valence electrons. The van der Waals surface area contributed by atoms with Gasteiger partial charge in [-0.05, 0) is 63.2 Å². The van der Waals surface area contributed by atoms with Gasteiger partial charge in [-0.1, -0.05) is 0 Å². The molecule has 1 saturated heterocycles. The van der Waals surface area contributed by atoms with Gasteiger partial charge in [-0.15, -0.1) is 0 Å². The summed E-state index contributed by atoms with van der Waals surface area (Å²) in [4.78, 5) is 0. The van der Waals surface area contributed by atoms with Crippen LogP contribution in [-0.4, -0.2) is 22.4 Å². The predicted molar refractivity (Wildman–Crippen MR) is 69.8 cm³/mol. The van der Waals surface area contributed by atoms with Crippen molar-refractivity contribution in [2.75, 3.05) is 0 Å². The number of alkyl halides is 1. The average molecular weight is 324 g/mol. The molecule has 15 heavy (non-hydrogen) atoms. The van der Waals surface area contributed by atoms with E-state index in [2.05, 4.69) is 22.6 Å². The molecule has 1 aliphatic rings. The second-order valence-corrected chi connectivity index (χ2v) is 6.39. The van der Waals surface area contributed by atoms with Gasteiger partial charge in [0, 0.05) is 0 Å². The zero-order valence-electron chi connectivity index (χ0n) is 9.91. The zero-order chi connectivity index (χ0) is 11.7. The van der Waals surface area contributed by atoms with Crippen molar-refractivity contribution < 1.29 is 14.0 Å². The molecule has 0 spiro atoms. The molecule has 0 aromatic carbocycles. The largest absolute Gasteiger partial charge is 0.490 e. The number of rotatable bonds is 3. The van der Waals surface area contributed by atoms with E-state index < -0.39 is 0 Å². The summed E-state index contributed by atoms with van der Waals surface area (Å²) in [5, 5.41) is 0. The van der Waals surface area contributed by atoms with Gasteiger partial charge in [0.1, 0.15) is 4.11 Å². The monoisotopic (exact) mass is 324 g/mol. The van der Waals surface area contributed by atoms with E-state index in [-0.39, 0.29) is 22.4 Å². The van der Waals surface area contributed by atoms with E-state index in [9.17, 15) is 0 Å². The van der Waals surface area contributed by atoms with Crippen LogP contribution in [0.1, 0.15) is 34.6 Å². The minimum absolute atomic E-state index is 0.154. The fourth-order valence-corrected chi connectivity index (χ4v) is 1.35. The standard InChI is InChI=1S/C10H18BIO3/c1-8(12)13-7-6-11-14-9(2,3)10(4,5)15-11/h6-8H,1-5H3. The van der Waals surface area contributed by atoms with E-state index in [1.807, 2.05) is 34.6 Å². The van der Waals surface area contributed by atoms with Crippen molar-refractivity contribution in [3.05, 3.63) is 12.2 Å². The molecule has 0 amide bonds. The first-order chi connectivity index (χ1) is 6.74. The third kappa shape index (κ3) is 3.36. The summed E-state index contributed by atoms with van der Waals surface area (Å²) in [7, 11) is -0.315. The molecule has 1 heterocycles. The Morgan fingerprint density at radius 2 is 1.67 bits per heavy atom. The minimum Gasteiger partial charge on any atom is -0.489 e. The van der Waals surface area contributed by atoms with E-state index in [0.29, 0.717) is 0 Å². The maximum Gasteiger partial charge on any atom is 0.490 e. The highest BCUT2D eigenvalue weighted by molar-refractivity contribution is 14.1. The Bertz CT molecular complexity index is 235. The van der Waals surface area contributed by atoms with E-state index >= 15 is 0 Å². The van der Waals surface area contributed by atoms with Crippen LogP contribution >= 0.6 is 22.6 Å². The number of hydrogen-bond donors (Lipinski definition) is 0. The molecular weight excluding hydrogens is 306 g/mol. The lowest BCUT2D eigenvalue weighted by molar-refractivity contribution is 0.00578. The van der Waals surface area contributed by atoms with Crippen molar-refractivity contribution in [1.29, 1.82) is 0 Å². The third-order valence-electron chi connectivity index (χ3n) is 2.77.